The third-order valence-corrected chi connectivity index (χ3v) is 3.17. The molecule has 0 saturated carbocycles. The fraction of sp³-hybridized carbons (Fsp3) is 0.375. The number of hydrogen-bond donors (Lipinski definition) is 0. The van der Waals surface area contributed by atoms with E-state index >= 15 is 0 Å². The van der Waals surface area contributed by atoms with Crippen LogP contribution in [0.3, 0.4) is 0 Å². The second kappa shape index (κ2) is 4.65. The lowest BCUT2D eigenvalue weighted by Crippen LogP contribution is -2.09. The van der Waals surface area contributed by atoms with Crippen molar-refractivity contribution in [3.63, 3.8) is 0 Å². The Hall–Kier alpha value is -1.09. The van der Waals surface area contributed by atoms with E-state index in [2.05, 4.69) is 35.0 Å². The summed E-state index contributed by atoms with van der Waals surface area (Å²) in [5.74, 6) is -3.45. The summed E-state index contributed by atoms with van der Waals surface area (Å²) < 4.78 is 40.0. The summed E-state index contributed by atoms with van der Waals surface area (Å²) in [6, 6.07) is 0. The highest BCUT2D eigenvalue weighted by Crippen LogP contribution is 2.26. The van der Waals surface area contributed by atoms with Crippen LogP contribution in [0.15, 0.2) is 14.4 Å². The molecule has 0 saturated heterocycles. The Morgan fingerprint density at radius 2 is 2.35 bits per heavy atom. The number of hydrogen-bond acceptors (Lipinski definition) is 6. The molecule has 17 heavy (non-hydrogen) atoms. The minimum atomic E-state index is -3.12. The Bertz CT molecular complexity index is 511. The van der Waals surface area contributed by atoms with E-state index in [0.29, 0.717) is 17.3 Å². The molecule has 2 heterocycles. The molecule has 0 aliphatic heterocycles. The maximum Gasteiger partial charge on any atom is 0.307 e. The van der Waals surface area contributed by atoms with Gasteiger partial charge in [-0.25, -0.2) is 0 Å². The molecule has 2 aromatic rings. The summed E-state index contributed by atoms with van der Waals surface area (Å²) in [7, 11) is 0. The molecule has 0 aliphatic rings. The van der Waals surface area contributed by atoms with Crippen molar-refractivity contribution in [2.24, 2.45) is 0 Å². The van der Waals surface area contributed by atoms with Crippen LogP contribution in [0.2, 0.25) is 0 Å². The van der Waals surface area contributed by atoms with E-state index in [1.54, 1.807) is 5.38 Å². The fourth-order valence-electron chi connectivity index (χ4n) is 0.932. The molecule has 0 amide bonds. The van der Waals surface area contributed by atoms with Gasteiger partial charge >= 0.3 is 5.92 Å². The second-order valence-corrected chi connectivity index (χ2v) is 4.64. The van der Waals surface area contributed by atoms with Crippen molar-refractivity contribution < 1.29 is 18.0 Å². The minimum Gasteiger partial charge on any atom is -0.466 e. The van der Waals surface area contributed by atoms with Gasteiger partial charge in [0.1, 0.15) is 0 Å². The van der Waals surface area contributed by atoms with Gasteiger partial charge in [-0.1, -0.05) is 5.16 Å². The number of rotatable bonds is 4. The van der Waals surface area contributed by atoms with Crippen LogP contribution >= 0.6 is 27.5 Å². The molecule has 0 bridgehead atoms. The summed E-state index contributed by atoms with van der Waals surface area (Å²) in [4.78, 5) is 3.52. The van der Waals surface area contributed by atoms with Gasteiger partial charge in [-0.3, -0.25) is 0 Å². The van der Waals surface area contributed by atoms with Gasteiger partial charge in [0, 0.05) is 12.3 Å². The maximum atomic E-state index is 12.8. The van der Waals surface area contributed by atoms with Crippen LogP contribution in [-0.2, 0) is 12.5 Å². The molecular formula is C8H6BrF2N3O2S. The van der Waals surface area contributed by atoms with E-state index in [0.717, 1.165) is 0 Å². The average molecular weight is 326 g/mol. The monoisotopic (exact) mass is 325 g/mol. The van der Waals surface area contributed by atoms with Gasteiger partial charge in [0.05, 0.1) is 4.47 Å². The van der Waals surface area contributed by atoms with Crippen molar-refractivity contribution >= 4 is 27.5 Å². The van der Waals surface area contributed by atoms with E-state index in [9.17, 15) is 8.78 Å². The zero-order valence-corrected chi connectivity index (χ0v) is 10.9. The number of ether oxygens (including phenoxy) is 1. The van der Waals surface area contributed by atoms with E-state index in [4.69, 9.17) is 4.74 Å². The van der Waals surface area contributed by atoms with E-state index in [-0.39, 0.29) is 12.5 Å². The number of aromatic nitrogens is 3. The molecule has 0 spiro atoms. The highest BCUT2D eigenvalue weighted by Gasteiger charge is 2.31. The molecule has 5 nitrogen and oxygen atoms in total. The third-order valence-electron chi connectivity index (χ3n) is 1.69. The van der Waals surface area contributed by atoms with Gasteiger partial charge in [0.25, 0.3) is 5.89 Å². The summed E-state index contributed by atoms with van der Waals surface area (Å²) >= 11 is 4.42. The standard InChI is InChI=1S/C8H6BrF2N3O2S/c1-8(10,11)7-12-5(16-13-7)2-15-6-4(9)3-17-14-6/h3H,2H2,1H3. The van der Waals surface area contributed by atoms with Crippen LogP contribution in [0.1, 0.15) is 18.6 Å². The largest absolute Gasteiger partial charge is 0.466 e. The second-order valence-electron chi connectivity index (χ2n) is 3.16. The van der Waals surface area contributed by atoms with Crippen molar-refractivity contribution in [3.05, 3.63) is 21.6 Å². The lowest BCUT2D eigenvalue weighted by atomic mass is 10.4. The first-order valence-corrected chi connectivity index (χ1v) is 6.03. The molecule has 92 valence electrons. The molecule has 0 aromatic carbocycles. The predicted molar refractivity (Wildman–Crippen MR) is 58.0 cm³/mol. The molecule has 0 fully saturated rings. The molecule has 2 aromatic heterocycles. The van der Waals surface area contributed by atoms with Gasteiger partial charge in [-0.05, 0) is 27.5 Å². The number of halogens is 3. The summed E-state index contributed by atoms with van der Waals surface area (Å²) in [6.07, 6.45) is 0. The fourth-order valence-corrected chi connectivity index (χ4v) is 2.00. The molecular weight excluding hydrogens is 320 g/mol. The zero-order chi connectivity index (χ0) is 12.5. The van der Waals surface area contributed by atoms with Gasteiger partial charge in [0.2, 0.25) is 11.7 Å². The summed E-state index contributed by atoms with van der Waals surface area (Å²) in [5, 5.41) is 4.90. The summed E-state index contributed by atoms with van der Waals surface area (Å²) in [5.41, 5.74) is 0. The zero-order valence-electron chi connectivity index (χ0n) is 8.48. The van der Waals surface area contributed by atoms with Crippen LogP contribution < -0.4 is 4.74 Å². The van der Waals surface area contributed by atoms with Crippen LogP contribution in [0.4, 0.5) is 8.78 Å². The van der Waals surface area contributed by atoms with Crippen LogP contribution in [-0.4, -0.2) is 14.5 Å². The van der Waals surface area contributed by atoms with Crippen molar-refractivity contribution in [2.45, 2.75) is 19.5 Å². The van der Waals surface area contributed by atoms with Gasteiger partial charge in [-0.2, -0.15) is 18.1 Å². The van der Waals surface area contributed by atoms with Gasteiger partial charge in [-0.15, -0.1) is 0 Å². The molecule has 0 atom stereocenters. The molecule has 0 radical (unpaired) electrons. The first kappa shape index (κ1) is 12.4. The average Bonchev–Trinajstić information content (AvgIpc) is 2.82. The van der Waals surface area contributed by atoms with E-state index in [1.165, 1.54) is 11.5 Å². The molecule has 0 aliphatic carbocycles. The normalized spacial score (nSPS) is 11.8. The van der Waals surface area contributed by atoms with Gasteiger partial charge in [0.15, 0.2) is 6.61 Å². The number of alkyl halides is 2. The van der Waals surface area contributed by atoms with E-state index in [1.807, 2.05) is 0 Å². The topological polar surface area (TPSA) is 61.0 Å². The Morgan fingerprint density at radius 1 is 1.59 bits per heavy atom. The Kier molecular flexibility index (Phi) is 3.38. The third kappa shape index (κ3) is 2.97. The quantitative estimate of drug-likeness (QED) is 0.864. The van der Waals surface area contributed by atoms with Gasteiger partial charge < -0.3 is 9.26 Å². The van der Waals surface area contributed by atoms with Crippen molar-refractivity contribution in [3.8, 4) is 5.88 Å². The Morgan fingerprint density at radius 3 is 2.88 bits per heavy atom. The van der Waals surface area contributed by atoms with Crippen molar-refractivity contribution in [1.29, 1.82) is 0 Å². The summed E-state index contributed by atoms with van der Waals surface area (Å²) in [6.45, 7) is 0.588. The first-order valence-electron chi connectivity index (χ1n) is 4.40. The Balaban J connectivity index is 2.01. The van der Waals surface area contributed by atoms with Crippen molar-refractivity contribution in [2.75, 3.05) is 0 Å². The minimum absolute atomic E-state index is 0.0265. The SMILES string of the molecule is CC(F)(F)c1noc(COc2nscc2Br)n1. The molecule has 9 heteroatoms. The first-order chi connectivity index (χ1) is 7.97. The molecule has 0 N–H and O–H groups in total. The lowest BCUT2D eigenvalue weighted by molar-refractivity contribution is 0.00559. The number of nitrogens with zero attached hydrogens (tertiary/aromatic N) is 3. The molecule has 0 unspecified atom stereocenters. The predicted octanol–water partition coefficient (Wildman–Crippen LogP) is 2.98. The highest BCUT2D eigenvalue weighted by molar-refractivity contribution is 9.10. The maximum absolute atomic E-state index is 12.8. The highest BCUT2D eigenvalue weighted by atomic mass is 79.9. The van der Waals surface area contributed by atoms with E-state index < -0.39 is 11.7 Å². The smallest absolute Gasteiger partial charge is 0.307 e. The Labute approximate surface area is 107 Å². The van der Waals surface area contributed by atoms with Crippen LogP contribution in [0.5, 0.6) is 5.88 Å². The lowest BCUT2D eigenvalue weighted by Gasteiger charge is -2.01. The van der Waals surface area contributed by atoms with Crippen LogP contribution in [0.25, 0.3) is 0 Å². The van der Waals surface area contributed by atoms with Crippen molar-refractivity contribution in [1.82, 2.24) is 14.5 Å². The molecule has 2 rings (SSSR count). The van der Waals surface area contributed by atoms with Crippen LogP contribution in [0, 0.1) is 0 Å².